The van der Waals surface area contributed by atoms with Gasteiger partial charge in [0.05, 0.1) is 6.61 Å². The molecule has 5 fully saturated rings. The third-order valence-electron chi connectivity index (χ3n) is 11.5. The number of benzene rings is 3. The molecule has 3 aromatic carbocycles. The lowest BCUT2D eigenvalue weighted by atomic mass is 9.83. The first-order valence-corrected chi connectivity index (χ1v) is 16.9. The maximum Gasteiger partial charge on any atom is 0.319 e. The fourth-order valence-corrected chi connectivity index (χ4v) is 8.78. The summed E-state index contributed by atoms with van der Waals surface area (Å²) in [6.07, 6.45) is 5.51. The fourth-order valence-electron chi connectivity index (χ4n) is 8.78. The molecule has 2 N–H and O–H groups in total. The second-order valence-corrected chi connectivity index (χ2v) is 14.7. The molecule has 2 bridgehead atoms. The first kappa shape index (κ1) is 29.5. The lowest BCUT2D eigenvalue weighted by molar-refractivity contribution is -0.0323. The van der Waals surface area contributed by atoms with Gasteiger partial charge in [0, 0.05) is 72.6 Å². The van der Waals surface area contributed by atoms with Crippen molar-refractivity contribution in [3.05, 3.63) is 53.8 Å². The lowest BCUT2D eigenvalue weighted by Gasteiger charge is -2.52. The van der Waals surface area contributed by atoms with Crippen LogP contribution in [0.15, 0.2) is 36.4 Å². The van der Waals surface area contributed by atoms with Crippen LogP contribution < -0.4 is 15.0 Å². The van der Waals surface area contributed by atoms with E-state index in [-0.39, 0.29) is 44.6 Å². The molecule has 4 saturated heterocycles. The third kappa shape index (κ3) is 5.09. The topological polar surface area (TPSA) is 77.0 Å². The molecule has 47 heavy (non-hydrogen) atoms. The Bertz CT molecular complexity index is 1890. The summed E-state index contributed by atoms with van der Waals surface area (Å²) < 4.78 is 52.7. The zero-order valence-electron chi connectivity index (χ0n) is 26.5. The van der Waals surface area contributed by atoms with Gasteiger partial charge in [-0.25, -0.2) is 13.2 Å². The zero-order valence-corrected chi connectivity index (χ0v) is 26.5. The Labute approximate surface area is 271 Å². The number of fused-ring (bicyclic) bond motifs is 5. The number of phenols is 1. The molecule has 8 nitrogen and oxygen atoms in total. The molecule has 11 heteroatoms. The predicted octanol–water partition coefficient (Wildman–Crippen LogP) is 5.31. The summed E-state index contributed by atoms with van der Waals surface area (Å²) in [5.41, 5.74) is 0.167. The summed E-state index contributed by atoms with van der Waals surface area (Å²) in [6, 6.07) is 9.78. The SMILES string of the molecule is CN1CC2CN(CC3(COc4nc(N5CC6CCC(C5)N6)c5ccc(-c6cc(O)cc7ccc(F)c(F)c67)c(F)c5n4)CC3)CCC21. The number of aromatic nitrogens is 2. The highest BCUT2D eigenvalue weighted by molar-refractivity contribution is 6.01. The molecule has 4 aromatic rings. The monoisotopic (exact) mass is 644 g/mol. The van der Waals surface area contributed by atoms with E-state index in [1.807, 2.05) is 0 Å². The van der Waals surface area contributed by atoms with Crippen LogP contribution in [-0.4, -0.2) is 95.9 Å². The number of hydrogen-bond acceptors (Lipinski definition) is 8. The maximum absolute atomic E-state index is 16.8. The van der Waals surface area contributed by atoms with Gasteiger partial charge in [-0.3, -0.25) is 0 Å². The molecule has 9 rings (SSSR count). The largest absolute Gasteiger partial charge is 0.508 e. The molecule has 5 aliphatic rings. The van der Waals surface area contributed by atoms with Crippen molar-refractivity contribution in [2.45, 2.75) is 50.2 Å². The molecule has 1 aromatic heterocycles. The number of phenolic OH excluding ortho intramolecular Hbond substituents is 1. The minimum Gasteiger partial charge on any atom is -0.508 e. The van der Waals surface area contributed by atoms with Gasteiger partial charge in [-0.2, -0.15) is 9.97 Å². The Balaban J connectivity index is 1.08. The summed E-state index contributed by atoms with van der Waals surface area (Å²) in [4.78, 5) is 16.8. The van der Waals surface area contributed by atoms with Gasteiger partial charge < -0.3 is 29.9 Å². The minimum atomic E-state index is -1.09. The second-order valence-electron chi connectivity index (χ2n) is 14.7. The van der Waals surface area contributed by atoms with Crippen LogP contribution in [0.2, 0.25) is 0 Å². The second kappa shape index (κ2) is 10.9. The van der Waals surface area contributed by atoms with E-state index < -0.39 is 17.5 Å². The molecule has 0 spiro atoms. The summed E-state index contributed by atoms with van der Waals surface area (Å²) in [6.45, 7) is 6.30. The van der Waals surface area contributed by atoms with Gasteiger partial charge in [0.15, 0.2) is 17.5 Å². The molecule has 0 amide bonds. The van der Waals surface area contributed by atoms with Crippen molar-refractivity contribution in [2.24, 2.45) is 11.3 Å². The van der Waals surface area contributed by atoms with Crippen LogP contribution in [0, 0.1) is 28.8 Å². The van der Waals surface area contributed by atoms with Crippen LogP contribution in [0.3, 0.4) is 0 Å². The Morgan fingerprint density at radius 3 is 2.49 bits per heavy atom. The van der Waals surface area contributed by atoms with Crippen LogP contribution in [-0.2, 0) is 0 Å². The molecule has 4 aliphatic heterocycles. The van der Waals surface area contributed by atoms with Crippen molar-refractivity contribution in [1.82, 2.24) is 25.1 Å². The summed E-state index contributed by atoms with van der Waals surface area (Å²) in [5, 5.41) is 14.8. The highest BCUT2D eigenvalue weighted by atomic mass is 19.2. The third-order valence-corrected chi connectivity index (χ3v) is 11.5. The molecule has 0 radical (unpaired) electrons. The van der Waals surface area contributed by atoms with E-state index in [0.717, 1.165) is 76.4 Å². The number of hydrogen-bond donors (Lipinski definition) is 2. The summed E-state index contributed by atoms with van der Waals surface area (Å²) in [5.74, 6) is -1.64. The average molecular weight is 645 g/mol. The van der Waals surface area contributed by atoms with Crippen molar-refractivity contribution < 1.29 is 23.0 Å². The van der Waals surface area contributed by atoms with Gasteiger partial charge >= 0.3 is 6.01 Å². The number of piperazine rings is 1. The van der Waals surface area contributed by atoms with E-state index in [2.05, 4.69) is 32.0 Å². The number of rotatable bonds is 7. The van der Waals surface area contributed by atoms with Gasteiger partial charge in [-0.15, -0.1) is 0 Å². The normalized spacial score (nSPS) is 26.9. The van der Waals surface area contributed by atoms with Gasteiger partial charge in [0.25, 0.3) is 0 Å². The highest BCUT2D eigenvalue weighted by Gasteiger charge is 2.48. The van der Waals surface area contributed by atoms with Crippen LogP contribution in [0.25, 0.3) is 32.8 Å². The van der Waals surface area contributed by atoms with Crippen molar-refractivity contribution >= 4 is 27.5 Å². The number of nitrogens with one attached hydrogen (secondary N) is 1. The van der Waals surface area contributed by atoms with Gasteiger partial charge in [-0.1, -0.05) is 12.1 Å². The van der Waals surface area contributed by atoms with Crippen LogP contribution >= 0.6 is 0 Å². The number of piperidine rings is 1. The Morgan fingerprint density at radius 1 is 0.936 bits per heavy atom. The van der Waals surface area contributed by atoms with Crippen molar-refractivity contribution in [1.29, 1.82) is 0 Å². The van der Waals surface area contributed by atoms with Crippen molar-refractivity contribution in [3.63, 3.8) is 0 Å². The average Bonchev–Trinajstić information content (AvgIpc) is 3.74. The minimum absolute atomic E-state index is 0.0163. The van der Waals surface area contributed by atoms with Gasteiger partial charge in [-0.05, 0) is 86.8 Å². The molecule has 4 unspecified atom stereocenters. The predicted molar refractivity (Wildman–Crippen MR) is 174 cm³/mol. The first-order valence-electron chi connectivity index (χ1n) is 16.9. The van der Waals surface area contributed by atoms with E-state index in [9.17, 15) is 9.50 Å². The smallest absolute Gasteiger partial charge is 0.319 e. The number of aromatic hydroxyl groups is 1. The van der Waals surface area contributed by atoms with E-state index in [1.165, 1.54) is 31.2 Å². The van der Waals surface area contributed by atoms with Gasteiger partial charge in [0.1, 0.15) is 17.1 Å². The summed E-state index contributed by atoms with van der Waals surface area (Å²) >= 11 is 0. The molecular formula is C36H39F3N6O2. The summed E-state index contributed by atoms with van der Waals surface area (Å²) in [7, 11) is 2.21. The molecular weight excluding hydrogens is 605 g/mol. The van der Waals surface area contributed by atoms with Crippen molar-refractivity contribution in [3.8, 4) is 22.9 Å². The number of ether oxygens (including phenoxy) is 1. The van der Waals surface area contributed by atoms with E-state index in [1.54, 1.807) is 12.1 Å². The fraction of sp³-hybridized carbons (Fsp3) is 0.500. The number of anilines is 1. The van der Waals surface area contributed by atoms with E-state index >= 15 is 8.78 Å². The Morgan fingerprint density at radius 2 is 1.74 bits per heavy atom. The van der Waals surface area contributed by atoms with Crippen LogP contribution in [0.1, 0.15) is 32.1 Å². The van der Waals surface area contributed by atoms with E-state index in [4.69, 9.17) is 9.72 Å². The molecule has 1 aliphatic carbocycles. The molecule has 4 atom stereocenters. The standard InChI is InChI=1S/C36H39F3N6O2/c1-43-14-21-15-44(11-8-29(21)43)18-36(9-10-36)19-47-35-41-33-26(34(42-35)45-16-22-3-4-23(17-45)40-22)6-5-25(31(33)38)27-13-24(46)12-20-2-7-28(37)32(39)30(20)27/h2,5-7,12-13,21-23,29,40,46H,3-4,8-11,14-19H2,1H3. The zero-order chi connectivity index (χ0) is 32.0. The number of nitrogens with zero attached hydrogens (tertiary/aromatic N) is 5. The first-order chi connectivity index (χ1) is 22.7. The highest BCUT2D eigenvalue weighted by Crippen LogP contribution is 2.48. The lowest BCUT2D eigenvalue weighted by Crippen LogP contribution is -2.62. The maximum atomic E-state index is 16.8. The Kier molecular flexibility index (Phi) is 6.85. The number of likely N-dealkylation sites (tertiary alicyclic amines) is 2. The van der Waals surface area contributed by atoms with Crippen LogP contribution in [0.4, 0.5) is 19.0 Å². The Hall–Kier alpha value is -3.67. The molecule has 5 heterocycles. The van der Waals surface area contributed by atoms with Gasteiger partial charge in [0.2, 0.25) is 0 Å². The van der Waals surface area contributed by atoms with Crippen LogP contribution in [0.5, 0.6) is 11.8 Å². The van der Waals surface area contributed by atoms with Crippen molar-refractivity contribution in [2.75, 3.05) is 57.8 Å². The van der Waals surface area contributed by atoms with E-state index in [0.29, 0.717) is 29.9 Å². The molecule has 1 saturated carbocycles. The number of halogens is 3. The molecule has 246 valence electrons. The quantitative estimate of drug-likeness (QED) is 0.281.